The summed E-state index contributed by atoms with van der Waals surface area (Å²) in [6.07, 6.45) is 1.36. The van der Waals surface area contributed by atoms with Gasteiger partial charge in [-0.1, -0.05) is 12.1 Å². The Kier molecular flexibility index (Phi) is 3.40. The van der Waals surface area contributed by atoms with Crippen molar-refractivity contribution in [1.29, 1.82) is 0 Å². The van der Waals surface area contributed by atoms with Gasteiger partial charge >= 0.3 is 0 Å². The summed E-state index contributed by atoms with van der Waals surface area (Å²) in [4.78, 5) is 0. The van der Waals surface area contributed by atoms with Gasteiger partial charge in [0.2, 0.25) is 0 Å². The van der Waals surface area contributed by atoms with Crippen molar-refractivity contribution in [2.24, 2.45) is 0 Å². The van der Waals surface area contributed by atoms with Crippen LogP contribution in [0, 0.1) is 6.92 Å². The van der Waals surface area contributed by atoms with Crippen molar-refractivity contribution in [3.8, 4) is 11.4 Å². The number of sulfone groups is 1. The molecule has 7 nitrogen and oxygen atoms in total. The van der Waals surface area contributed by atoms with Crippen LogP contribution in [0.3, 0.4) is 0 Å². The number of tetrazole rings is 1. The maximum Gasteiger partial charge on any atom is 0.184 e. The number of benzene rings is 1. The molecule has 1 atom stereocenters. The Morgan fingerprint density at radius 2 is 2.24 bits per heavy atom. The molecule has 1 unspecified atom stereocenters. The Balaban J connectivity index is 1.99. The summed E-state index contributed by atoms with van der Waals surface area (Å²) in [5.41, 5.74) is 8.32. The summed E-state index contributed by atoms with van der Waals surface area (Å²) >= 11 is 0. The molecule has 0 bridgehead atoms. The number of nitrogens with two attached hydrogens (primary N) is 1. The van der Waals surface area contributed by atoms with Crippen molar-refractivity contribution in [1.82, 2.24) is 20.2 Å². The van der Waals surface area contributed by atoms with Gasteiger partial charge in [0.1, 0.15) is 0 Å². The number of aromatic nitrogens is 4. The predicted molar refractivity (Wildman–Crippen MR) is 79.2 cm³/mol. The lowest BCUT2D eigenvalue weighted by molar-refractivity contribution is 0.534. The third-order valence-corrected chi connectivity index (χ3v) is 6.16. The van der Waals surface area contributed by atoms with E-state index in [9.17, 15) is 8.42 Å². The van der Waals surface area contributed by atoms with Gasteiger partial charge in [0.25, 0.3) is 0 Å². The molecule has 112 valence electrons. The highest BCUT2D eigenvalue weighted by Crippen LogP contribution is 2.28. The maximum absolute atomic E-state index is 12.0. The van der Waals surface area contributed by atoms with Gasteiger partial charge in [0, 0.05) is 11.3 Å². The fraction of sp³-hybridized carbons (Fsp3) is 0.462. The molecule has 0 spiro atoms. The van der Waals surface area contributed by atoms with Crippen molar-refractivity contribution in [3.63, 3.8) is 0 Å². The SMILES string of the molecule is Cc1cccc(N)c1-c1nnnn1CC1CCCS1(=O)=O. The summed E-state index contributed by atoms with van der Waals surface area (Å²) in [5, 5.41) is 11.2. The molecule has 0 saturated carbocycles. The molecule has 1 aromatic heterocycles. The number of nitrogen functional groups attached to an aromatic ring is 1. The van der Waals surface area contributed by atoms with Crippen LogP contribution in [0.4, 0.5) is 5.69 Å². The second-order valence-electron chi connectivity index (χ2n) is 5.35. The highest BCUT2D eigenvalue weighted by atomic mass is 32.2. The quantitative estimate of drug-likeness (QED) is 0.841. The molecule has 0 amide bonds. The van der Waals surface area contributed by atoms with Crippen LogP contribution < -0.4 is 5.73 Å². The van der Waals surface area contributed by atoms with Gasteiger partial charge in [0.15, 0.2) is 15.7 Å². The number of nitrogens with zero attached hydrogens (tertiary/aromatic N) is 4. The first-order valence-electron chi connectivity index (χ1n) is 6.82. The second kappa shape index (κ2) is 5.10. The lowest BCUT2D eigenvalue weighted by Gasteiger charge is -2.12. The van der Waals surface area contributed by atoms with E-state index in [0.29, 0.717) is 24.4 Å². The van der Waals surface area contributed by atoms with E-state index in [4.69, 9.17) is 5.73 Å². The Morgan fingerprint density at radius 3 is 2.90 bits per heavy atom. The third kappa shape index (κ3) is 2.51. The van der Waals surface area contributed by atoms with Gasteiger partial charge in [-0.15, -0.1) is 5.10 Å². The summed E-state index contributed by atoms with van der Waals surface area (Å²) in [5.74, 6) is 0.773. The molecular formula is C13H17N5O2S. The standard InChI is InChI=1S/C13H17N5O2S/c1-9-4-2-6-11(14)12(9)13-15-16-17-18(13)8-10-5-3-7-21(10,19)20/h2,4,6,10H,3,5,7-8,14H2,1H3. The van der Waals surface area contributed by atoms with E-state index in [0.717, 1.165) is 11.1 Å². The molecule has 2 N–H and O–H groups in total. The highest BCUT2D eigenvalue weighted by molar-refractivity contribution is 7.92. The lowest BCUT2D eigenvalue weighted by atomic mass is 10.1. The normalized spacial score (nSPS) is 20.7. The predicted octanol–water partition coefficient (Wildman–Crippen LogP) is 0.808. The fourth-order valence-corrected chi connectivity index (χ4v) is 4.56. The minimum absolute atomic E-state index is 0.252. The van der Waals surface area contributed by atoms with E-state index < -0.39 is 15.1 Å². The fourth-order valence-electron chi connectivity index (χ4n) is 2.76. The largest absolute Gasteiger partial charge is 0.398 e. The van der Waals surface area contributed by atoms with Crippen molar-refractivity contribution in [2.75, 3.05) is 11.5 Å². The Morgan fingerprint density at radius 1 is 1.43 bits per heavy atom. The molecule has 2 aromatic rings. The van der Waals surface area contributed by atoms with E-state index in [-0.39, 0.29) is 12.3 Å². The van der Waals surface area contributed by atoms with Crippen molar-refractivity contribution in [3.05, 3.63) is 23.8 Å². The van der Waals surface area contributed by atoms with Gasteiger partial charge in [-0.05, 0) is 41.8 Å². The minimum Gasteiger partial charge on any atom is -0.398 e. The monoisotopic (exact) mass is 307 g/mol. The molecule has 3 rings (SSSR count). The van der Waals surface area contributed by atoms with Gasteiger partial charge in [0.05, 0.1) is 17.5 Å². The van der Waals surface area contributed by atoms with Gasteiger partial charge in [-0.25, -0.2) is 13.1 Å². The van der Waals surface area contributed by atoms with Crippen LogP contribution in [0.2, 0.25) is 0 Å². The van der Waals surface area contributed by atoms with E-state index in [2.05, 4.69) is 15.5 Å². The smallest absolute Gasteiger partial charge is 0.184 e. The molecule has 0 radical (unpaired) electrons. The molecule has 2 heterocycles. The molecule has 1 aliphatic rings. The number of anilines is 1. The minimum atomic E-state index is -3.03. The molecular weight excluding hydrogens is 290 g/mol. The molecule has 21 heavy (non-hydrogen) atoms. The summed E-state index contributed by atoms with van der Waals surface area (Å²) in [6, 6.07) is 5.58. The first kappa shape index (κ1) is 14.0. The molecule has 1 aromatic carbocycles. The number of rotatable bonds is 3. The zero-order chi connectivity index (χ0) is 15.0. The first-order valence-corrected chi connectivity index (χ1v) is 8.54. The number of aryl methyl sites for hydroxylation is 1. The molecule has 1 aliphatic heterocycles. The van der Waals surface area contributed by atoms with Gasteiger partial charge in [-0.3, -0.25) is 0 Å². The Hall–Kier alpha value is -1.96. The Bertz CT molecular complexity index is 748. The van der Waals surface area contributed by atoms with Crippen LogP contribution in [-0.4, -0.2) is 39.6 Å². The topological polar surface area (TPSA) is 104 Å². The molecule has 1 saturated heterocycles. The van der Waals surface area contributed by atoms with E-state index in [1.54, 1.807) is 10.7 Å². The van der Waals surface area contributed by atoms with Crippen LogP contribution in [0.15, 0.2) is 18.2 Å². The average Bonchev–Trinajstić information content (AvgIpc) is 2.98. The second-order valence-corrected chi connectivity index (χ2v) is 7.76. The maximum atomic E-state index is 12.0. The summed E-state index contributed by atoms with van der Waals surface area (Å²) < 4.78 is 25.5. The molecule has 0 aliphatic carbocycles. The summed E-state index contributed by atoms with van der Waals surface area (Å²) in [6.45, 7) is 2.20. The van der Waals surface area contributed by atoms with E-state index in [1.807, 2.05) is 19.1 Å². The molecule has 1 fully saturated rings. The van der Waals surface area contributed by atoms with E-state index in [1.165, 1.54) is 0 Å². The number of hydrogen-bond acceptors (Lipinski definition) is 6. The van der Waals surface area contributed by atoms with Gasteiger partial charge < -0.3 is 5.73 Å². The van der Waals surface area contributed by atoms with Crippen molar-refractivity contribution >= 4 is 15.5 Å². The first-order chi connectivity index (χ1) is 9.99. The van der Waals surface area contributed by atoms with Crippen LogP contribution in [0.25, 0.3) is 11.4 Å². The average molecular weight is 307 g/mol. The zero-order valence-electron chi connectivity index (χ0n) is 11.7. The lowest BCUT2D eigenvalue weighted by Crippen LogP contribution is -2.23. The third-order valence-electron chi connectivity index (χ3n) is 3.90. The number of hydrogen-bond donors (Lipinski definition) is 1. The van der Waals surface area contributed by atoms with Crippen LogP contribution in [0.1, 0.15) is 18.4 Å². The van der Waals surface area contributed by atoms with Crippen molar-refractivity contribution < 1.29 is 8.42 Å². The van der Waals surface area contributed by atoms with Crippen LogP contribution in [0.5, 0.6) is 0 Å². The highest BCUT2D eigenvalue weighted by Gasteiger charge is 2.32. The molecule has 8 heteroatoms. The summed E-state index contributed by atoms with van der Waals surface area (Å²) in [7, 11) is -3.03. The zero-order valence-corrected chi connectivity index (χ0v) is 12.5. The van der Waals surface area contributed by atoms with E-state index >= 15 is 0 Å². The van der Waals surface area contributed by atoms with Crippen molar-refractivity contribution in [2.45, 2.75) is 31.6 Å². The Labute approximate surface area is 123 Å². The van der Waals surface area contributed by atoms with Crippen LogP contribution in [-0.2, 0) is 16.4 Å². The van der Waals surface area contributed by atoms with Gasteiger partial charge in [-0.2, -0.15) is 0 Å². The van der Waals surface area contributed by atoms with Crippen LogP contribution >= 0.6 is 0 Å².